The summed E-state index contributed by atoms with van der Waals surface area (Å²) in [5.41, 5.74) is 1.73. The molecule has 26 heavy (non-hydrogen) atoms. The number of likely N-dealkylation sites (N-methyl/N-ethyl adjacent to an activating group) is 1. The van der Waals surface area contributed by atoms with Crippen LogP contribution in [0.2, 0.25) is 5.02 Å². The Morgan fingerprint density at radius 2 is 2.08 bits per heavy atom. The minimum Gasteiger partial charge on any atom is -0.495 e. The highest BCUT2D eigenvalue weighted by Crippen LogP contribution is 2.27. The van der Waals surface area contributed by atoms with Crippen LogP contribution in [-0.2, 0) is 11.5 Å². The van der Waals surface area contributed by atoms with Gasteiger partial charge in [0.1, 0.15) is 5.75 Å². The first kappa shape index (κ1) is 18.0. The molecule has 1 heterocycles. The van der Waals surface area contributed by atoms with Gasteiger partial charge in [-0.05, 0) is 30.3 Å². The zero-order valence-corrected chi connectivity index (χ0v) is 15.2. The van der Waals surface area contributed by atoms with E-state index >= 15 is 0 Å². The fourth-order valence-corrected chi connectivity index (χ4v) is 2.91. The zero-order valence-electron chi connectivity index (χ0n) is 14.4. The number of methoxy groups -OCH3 is 1. The Labute approximate surface area is 154 Å². The van der Waals surface area contributed by atoms with E-state index in [1.807, 2.05) is 19.2 Å². The van der Waals surface area contributed by atoms with Crippen molar-refractivity contribution in [3.63, 3.8) is 0 Å². The van der Waals surface area contributed by atoms with Crippen LogP contribution in [0.15, 0.2) is 51.7 Å². The predicted octanol–water partition coefficient (Wildman–Crippen LogP) is 1.37. The predicted molar refractivity (Wildman–Crippen MR) is 98.9 cm³/mol. The Kier molecular flexibility index (Phi) is 5.29. The number of oxazole rings is 1. The third-order valence-electron chi connectivity index (χ3n) is 3.90. The fourth-order valence-electron chi connectivity index (χ4n) is 2.74. The average Bonchev–Trinajstić information content (AvgIpc) is 2.90. The molecular formula is C18H19ClN3O4+. The molecule has 3 aromatic rings. The average molecular weight is 377 g/mol. The minimum atomic E-state index is -0.442. The van der Waals surface area contributed by atoms with Crippen LogP contribution in [0.25, 0.3) is 11.1 Å². The summed E-state index contributed by atoms with van der Waals surface area (Å²) >= 11 is 5.97. The Bertz CT molecular complexity index is 996. The van der Waals surface area contributed by atoms with Crippen LogP contribution >= 0.6 is 11.6 Å². The molecule has 0 saturated carbocycles. The monoisotopic (exact) mass is 376 g/mol. The molecule has 1 unspecified atom stereocenters. The topological polar surface area (TPSA) is 77.9 Å². The summed E-state index contributed by atoms with van der Waals surface area (Å²) in [7, 11) is 3.34. The van der Waals surface area contributed by atoms with Crippen LogP contribution in [0.3, 0.4) is 0 Å². The van der Waals surface area contributed by atoms with Crippen molar-refractivity contribution < 1.29 is 18.8 Å². The van der Waals surface area contributed by atoms with Crippen LogP contribution in [0.4, 0.5) is 5.69 Å². The van der Waals surface area contributed by atoms with Crippen LogP contribution in [0.1, 0.15) is 0 Å². The number of hydrogen-bond donors (Lipinski definition) is 2. The number of halogens is 1. The second kappa shape index (κ2) is 7.63. The Morgan fingerprint density at radius 1 is 1.31 bits per heavy atom. The smallest absolute Gasteiger partial charge is 0.424 e. The normalized spacial score (nSPS) is 12.1. The lowest BCUT2D eigenvalue weighted by Gasteiger charge is -2.15. The number of nitrogens with zero attached hydrogens (tertiary/aromatic N) is 1. The number of rotatable bonds is 6. The fraction of sp³-hybridized carbons (Fsp3) is 0.222. The van der Waals surface area contributed by atoms with Crippen molar-refractivity contribution in [3.05, 3.63) is 58.0 Å². The van der Waals surface area contributed by atoms with Gasteiger partial charge in [0, 0.05) is 5.02 Å². The largest absolute Gasteiger partial charge is 0.495 e. The van der Waals surface area contributed by atoms with Crippen molar-refractivity contribution in [2.24, 2.45) is 0 Å². The molecule has 2 aromatic carbocycles. The van der Waals surface area contributed by atoms with E-state index in [0.29, 0.717) is 34.2 Å². The Hall–Kier alpha value is -2.77. The van der Waals surface area contributed by atoms with Gasteiger partial charge in [-0.3, -0.25) is 4.79 Å². The van der Waals surface area contributed by atoms with Crippen molar-refractivity contribution in [1.82, 2.24) is 4.57 Å². The number of quaternary nitrogens is 1. The van der Waals surface area contributed by atoms with Crippen molar-refractivity contribution in [1.29, 1.82) is 0 Å². The van der Waals surface area contributed by atoms with Crippen LogP contribution in [0.5, 0.6) is 5.75 Å². The van der Waals surface area contributed by atoms with Gasteiger partial charge in [0.15, 0.2) is 18.8 Å². The molecular weight excluding hydrogens is 358 g/mol. The molecule has 0 bridgehead atoms. The van der Waals surface area contributed by atoms with Crippen molar-refractivity contribution in [2.75, 3.05) is 26.0 Å². The standard InChI is InChI=1S/C18H18ClN3O4/c1-21(11-22-14-5-3-4-6-16(14)26-18(22)24)10-17(23)20-13-9-12(19)7-8-15(13)25-2/h3-9H,10-11H2,1-2H3,(H,20,23)/p+1. The van der Waals surface area contributed by atoms with Gasteiger partial charge in [-0.15, -0.1) is 0 Å². The molecule has 2 N–H and O–H groups in total. The van der Waals surface area contributed by atoms with E-state index in [1.165, 1.54) is 11.7 Å². The lowest BCUT2D eigenvalue weighted by molar-refractivity contribution is -0.894. The molecule has 0 fully saturated rings. The van der Waals surface area contributed by atoms with Gasteiger partial charge in [0.25, 0.3) is 5.91 Å². The maximum absolute atomic E-state index is 12.3. The summed E-state index contributed by atoms with van der Waals surface area (Å²) in [6.45, 7) is 0.456. The molecule has 3 rings (SSSR count). The zero-order chi connectivity index (χ0) is 18.7. The number of para-hydroxylation sites is 2. The van der Waals surface area contributed by atoms with Gasteiger partial charge >= 0.3 is 5.76 Å². The molecule has 1 amide bonds. The number of amides is 1. The van der Waals surface area contributed by atoms with E-state index in [4.69, 9.17) is 20.8 Å². The number of aromatic nitrogens is 1. The molecule has 1 atom stereocenters. The number of carbonyl (C=O) groups is 1. The molecule has 7 nitrogen and oxygen atoms in total. The number of anilines is 1. The Balaban J connectivity index is 1.69. The molecule has 1 aromatic heterocycles. The lowest BCUT2D eigenvalue weighted by Crippen LogP contribution is -3.09. The number of hydrogen-bond acceptors (Lipinski definition) is 4. The molecule has 0 spiro atoms. The van der Waals surface area contributed by atoms with E-state index in [0.717, 1.165) is 4.90 Å². The van der Waals surface area contributed by atoms with E-state index in [9.17, 15) is 9.59 Å². The minimum absolute atomic E-state index is 0.154. The van der Waals surface area contributed by atoms with E-state index in [-0.39, 0.29) is 12.5 Å². The van der Waals surface area contributed by atoms with Gasteiger partial charge in [-0.2, -0.15) is 0 Å². The summed E-state index contributed by atoms with van der Waals surface area (Å²) in [5.74, 6) is -0.135. The third-order valence-corrected chi connectivity index (χ3v) is 4.13. The van der Waals surface area contributed by atoms with Gasteiger partial charge < -0.3 is 19.4 Å². The summed E-state index contributed by atoms with van der Waals surface area (Å²) in [6.07, 6.45) is 0. The second-order valence-electron chi connectivity index (χ2n) is 5.95. The van der Waals surface area contributed by atoms with Crippen LogP contribution < -0.4 is 20.7 Å². The highest BCUT2D eigenvalue weighted by Gasteiger charge is 2.16. The molecule has 0 aliphatic carbocycles. The van der Waals surface area contributed by atoms with E-state index in [1.54, 1.807) is 30.3 Å². The molecule has 0 aliphatic heterocycles. The van der Waals surface area contributed by atoms with Crippen LogP contribution in [-0.4, -0.2) is 31.2 Å². The van der Waals surface area contributed by atoms with Crippen LogP contribution in [0, 0.1) is 0 Å². The van der Waals surface area contributed by atoms with Crippen molar-refractivity contribution >= 4 is 34.3 Å². The first-order valence-electron chi connectivity index (χ1n) is 8.01. The van der Waals surface area contributed by atoms with Gasteiger partial charge in [-0.25, -0.2) is 9.36 Å². The highest BCUT2D eigenvalue weighted by molar-refractivity contribution is 6.31. The first-order valence-corrected chi connectivity index (χ1v) is 8.39. The highest BCUT2D eigenvalue weighted by atomic mass is 35.5. The maximum atomic E-state index is 12.3. The van der Waals surface area contributed by atoms with Gasteiger partial charge in [-0.1, -0.05) is 23.7 Å². The molecule has 0 radical (unpaired) electrons. The summed E-state index contributed by atoms with van der Waals surface area (Å²) in [6, 6.07) is 12.2. The second-order valence-corrected chi connectivity index (χ2v) is 6.38. The Morgan fingerprint density at radius 3 is 2.85 bits per heavy atom. The number of carbonyl (C=O) groups excluding carboxylic acids is 1. The first-order chi connectivity index (χ1) is 12.5. The quantitative estimate of drug-likeness (QED) is 0.681. The lowest BCUT2D eigenvalue weighted by atomic mass is 10.3. The number of nitrogens with one attached hydrogen (secondary N) is 2. The number of fused-ring (bicyclic) bond motifs is 1. The molecule has 0 aliphatic rings. The van der Waals surface area contributed by atoms with E-state index in [2.05, 4.69) is 5.32 Å². The third kappa shape index (κ3) is 3.89. The van der Waals surface area contributed by atoms with Gasteiger partial charge in [0.05, 0.1) is 25.4 Å². The maximum Gasteiger partial charge on any atom is 0.424 e. The number of ether oxygens (including phenoxy) is 1. The van der Waals surface area contributed by atoms with E-state index < -0.39 is 5.76 Å². The number of benzene rings is 2. The van der Waals surface area contributed by atoms with Crippen molar-refractivity contribution in [3.8, 4) is 5.75 Å². The SMILES string of the molecule is COc1ccc(Cl)cc1NC(=O)C[NH+](C)Cn1c(=O)oc2ccccc21. The summed E-state index contributed by atoms with van der Waals surface area (Å²) in [5, 5.41) is 3.28. The summed E-state index contributed by atoms with van der Waals surface area (Å²) < 4.78 is 11.9. The molecule has 136 valence electrons. The summed E-state index contributed by atoms with van der Waals surface area (Å²) in [4.78, 5) is 25.2. The van der Waals surface area contributed by atoms with Crippen molar-refractivity contribution in [2.45, 2.75) is 6.67 Å². The molecule has 8 heteroatoms. The molecule has 0 saturated heterocycles. The van der Waals surface area contributed by atoms with Gasteiger partial charge in [0.2, 0.25) is 0 Å².